The Kier molecular flexibility index (Phi) is 6.28. The van der Waals surface area contributed by atoms with E-state index in [1.807, 2.05) is 29.8 Å². The summed E-state index contributed by atoms with van der Waals surface area (Å²) in [6.07, 6.45) is 2.15. The van der Waals surface area contributed by atoms with E-state index >= 15 is 0 Å². The summed E-state index contributed by atoms with van der Waals surface area (Å²) in [6, 6.07) is 8.33. The van der Waals surface area contributed by atoms with Gasteiger partial charge in [-0.05, 0) is 56.7 Å². The van der Waals surface area contributed by atoms with E-state index in [-0.39, 0.29) is 57.8 Å². The summed E-state index contributed by atoms with van der Waals surface area (Å²) in [5, 5.41) is 45.5. The number of phenolic OH excluding ortho intramolecular Hbond substituents is 3. The van der Waals surface area contributed by atoms with Gasteiger partial charge in [-0.2, -0.15) is 5.26 Å². The van der Waals surface area contributed by atoms with Crippen molar-refractivity contribution in [2.75, 3.05) is 27.8 Å². The van der Waals surface area contributed by atoms with Crippen molar-refractivity contribution in [1.82, 2.24) is 14.7 Å². The van der Waals surface area contributed by atoms with Crippen LogP contribution in [-0.4, -0.2) is 81.7 Å². The van der Waals surface area contributed by atoms with Crippen molar-refractivity contribution in [3.8, 4) is 34.8 Å². The predicted octanol–water partition coefficient (Wildman–Crippen LogP) is 3.93. The largest absolute Gasteiger partial charge is 0.507 e. The van der Waals surface area contributed by atoms with Crippen LogP contribution in [0.3, 0.4) is 0 Å². The van der Waals surface area contributed by atoms with Crippen molar-refractivity contribution >= 4 is 17.9 Å². The van der Waals surface area contributed by atoms with Gasteiger partial charge in [0.05, 0.1) is 50.0 Å². The Hall–Kier alpha value is -5.21. The first-order chi connectivity index (χ1) is 21.5. The zero-order valence-electron chi connectivity index (χ0n) is 25.5. The molecule has 0 spiro atoms. The first-order valence-electron chi connectivity index (χ1n) is 14.6. The van der Waals surface area contributed by atoms with E-state index in [2.05, 4.69) is 6.07 Å². The zero-order chi connectivity index (χ0) is 32.1. The maximum Gasteiger partial charge on any atom is 0.261 e. The van der Waals surface area contributed by atoms with Gasteiger partial charge in [-0.15, -0.1) is 0 Å². The molecular weight excluding hydrogens is 576 g/mol. The first kappa shape index (κ1) is 28.6. The predicted molar refractivity (Wildman–Crippen MR) is 162 cm³/mol. The molecule has 2 amide bonds. The number of hydrogen-bond acceptors (Lipinski definition) is 10. The number of rotatable bonds is 4. The quantitative estimate of drug-likeness (QED) is 0.294. The Labute approximate surface area is 259 Å². The van der Waals surface area contributed by atoms with Crippen molar-refractivity contribution < 1.29 is 34.4 Å². The molecule has 0 aromatic heterocycles. The Morgan fingerprint density at radius 1 is 0.956 bits per heavy atom. The normalized spacial score (nSPS) is 23.1. The molecule has 0 radical (unpaired) electrons. The van der Waals surface area contributed by atoms with Gasteiger partial charge in [0.2, 0.25) is 0 Å². The lowest BCUT2D eigenvalue weighted by Gasteiger charge is -2.57. The number of likely N-dealkylation sites (N-methyl/N-ethyl adjacent to an activating group) is 1. The molecule has 7 rings (SSSR count). The van der Waals surface area contributed by atoms with Crippen LogP contribution in [0.15, 0.2) is 36.0 Å². The van der Waals surface area contributed by atoms with Crippen molar-refractivity contribution in [1.29, 1.82) is 5.26 Å². The number of imide groups is 1. The molecule has 1 saturated heterocycles. The number of methoxy groups -OCH3 is 2. The zero-order valence-corrected chi connectivity index (χ0v) is 25.5. The SMILES string of the molecule is COc1c(C)cc2c(c1O)[C@@H]1C3=Cc4c(O)c(C)c(OC)c(O)c4[C@H](CN4C(=O)c5ccccc5C4=O)N3[C@@H](C#N)[C@@H](C2)N1C. The first-order valence-corrected chi connectivity index (χ1v) is 14.6. The second kappa shape index (κ2) is 9.90. The maximum atomic E-state index is 13.6. The maximum absolute atomic E-state index is 13.6. The van der Waals surface area contributed by atoms with Gasteiger partial charge < -0.3 is 29.7 Å². The average molecular weight is 609 g/mol. The number of phenols is 3. The number of amides is 2. The van der Waals surface area contributed by atoms with Crippen LogP contribution < -0.4 is 9.47 Å². The number of hydrogen-bond donors (Lipinski definition) is 3. The summed E-state index contributed by atoms with van der Waals surface area (Å²) in [5.41, 5.74) is 4.20. The summed E-state index contributed by atoms with van der Waals surface area (Å²) in [7, 11) is 4.76. The highest BCUT2D eigenvalue weighted by Crippen LogP contribution is 2.58. The lowest BCUT2D eigenvalue weighted by molar-refractivity contribution is 0.0111. The van der Waals surface area contributed by atoms with E-state index in [1.54, 1.807) is 37.3 Å². The fraction of sp³-hybridized carbons (Fsp3) is 0.324. The van der Waals surface area contributed by atoms with E-state index in [1.165, 1.54) is 14.2 Å². The molecule has 11 nitrogen and oxygen atoms in total. The van der Waals surface area contributed by atoms with Crippen molar-refractivity contribution in [2.24, 2.45) is 0 Å². The number of nitrogens with zero attached hydrogens (tertiary/aromatic N) is 4. The Morgan fingerprint density at radius 2 is 1.58 bits per heavy atom. The van der Waals surface area contributed by atoms with Crippen LogP contribution in [0.5, 0.6) is 28.7 Å². The summed E-state index contributed by atoms with van der Waals surface area (Å²) in [5.74, 6) is -0.972. The summed E-state index contributed by atoms with van der Waals surface area (Å²) >= 11 is 0. The monoisotopic (exact) mass is 608 g/mol. The third-order valence-electron chi connectivity index (χ3n) is 9.89. The van der Waals surface area contributed by atoms with Crippen LogP contribution in [0.25, 0.3) is 6.08 Å². The van der Waals surface area contributed by atoms with Gasteiger partial charge in [0, 0.05) is 34.0 Å². The minimum absolute atomic E-state index is 0.0141. The van der Waals surface area contributed by atoms with E-state index in [9.17, 15) is 30.2 Å². The molecule has 2 bridgehead atoms. The van der Waals surface area contributed by atoms with E-state index in [0.717, 1.165) is 16.0 Å². The molecule has 4 atom stereocenters. The van der Waals surface area contributed by atoms with Crippen molar-refractivity contribution in [2.45, 2.75) is 44.4 Å². The molecular formula is C34H32N4O7. The second-order valence-corrected chi connectivity index (χ2v) is 12.0. The molecule has 3 aromatic carbocycles. The van der Waals surface area contributed by atoms with Crippen LogP contribution in [0, 0.1) is 25.2 Å². The molecule has 4 heterocycles. The van der Waals surface area contributed by atoms with Gasteiger partial charge >= 0.3 is 0 Å². The van der Waals surface area contributed by atoms with Gasteiger partial charge in [0.25, 0.3) is 11.8 Å². The third-order valence-corrected chi connectivity index (χ3v) is 9.89. The lowest BCUT2D eigenvalue weighted by atomic mass is 9.75. The van der Waals surface area contributed by atoms with Crippen LogP contribution in [0.4, 0.5) is 0 Å². The number of fused-ring (bicyclic) bond motifs is 8. The van der Waals surface area contributed by atoms with Gasteiger partial charge in [-0.25, -0.2) is 0 Å². The molecule has 4 aliphatic rings. The molecule has 4 aliphatic heterocycles. The number of ether oxygens (including phenoxy) is 2. The van der Waals surface area contributed by atoms with Crippen LogP contribution in [-0.2, 0) is 6.42 Å². The molecule has 45 heavy (non-hydrogen) atoms. The van der Waals surface area contributed by atoms with Crippen molar-refractivity contribution in [3.05, 3.63) is 80.5 Å². The Bertz CT molecular complexity index is 1880. The number of carbonyl (C=O) groups is 2. The highest BCUT2D eigenvalue weighted by Gasteiger charge is 2.54. The van der Waals surface area contributed by atoms with Gasteiger partial charge in [-0.1, -0.05) is 18.2 Å². The van der Waals surface area contributed by atoms with Gasteiger partial charge in [-0.3, -0.25) is 19.4 Å². The fourth-order valence-electron chi connectivity index (χ4n) is 7.86. The molecule has 3 aromatic rings. The van der Waals surface area contributed by atoms with Crippen LogP contribution in [0.1, 0.15) is 66.2 Å². The fourth-order valence-corrected chi connectivity index (χ4v) is 7.86. The average Bonchev–Trinajstić information content (AvgIpc) is 3.25. The topological polar surface area (TPSA) is 147 Å². The van der Waals surface area contributed by atoms with Crippen LogP contribution in [0.2, 0.25) is 0 Å². The van der Waals surface area contributed by atoms with Crippen LogP contribution >= 0.6 is 0 Å². The van der Waals surface area contributed by atoms with E-state index < -0.39 is 29.9 Å². The number of piperazine rings is 1. The smallest absolute Gasteiger partial charge is 0.261 e. The van der Waals surface area contributed by atoms with Crippen molar-refractivity contribution in [3.63, 3.8) is 0 Å². The van der Waals surface area contributed by atoms with E-state index in [4.69, 9.17) is 9.47 Å². The number of carbonyl (C=O) groups excluding carboxylic acids is 2. The van der Waals surface area contributed by atoms with E-state index in [0.29, 0.717) is 29.0 Å². The number of aryl methyl sites for hydroxylation is 1. The minimum atomic E-state index is -0.943. The molecule has 0 aliphatic carbocycles. The second-order valence-electron chi connectivity index (χ2n) is 12.0. The summed E-state index contributed by atoms with van der Waals surface area (Å²) < 4.78 is 11.1. The molecule has 0 saturated carbocycles. The standard InChI is InChI=1S/C34H32N4O7/c1-15-10-17-11-21-23(13-35)38-22(27(36(21)3)25(17)29(40)31(15)44-4)12-20-26(30(41)32(45-5)16(2)28(20)39)24(38)14-37-33(42)18-8-6-7-9-19(18)34(37)43/h6-10,12,21,23-24,27,39-41H,11,14H2,1-5H3/t21-,23+,24+,27+/m1/s1. The third kappa shape index (κ3) is 3.66. The lowest BCUT2D eigenvalue weighted by Crippen LogP contribution is -2.62. The summed E-state index contributed by atoms with van der Waals surface area (Å²) in [6.45, 7) is 3.26. The minimum Gasteiger partial charge on any atom is -0.507 e. The molecule has 11 heteroatoms. The van der Waals surface area contributed by atoms with Gasteiger partial charge in [0.1, 0.15) is 11.8 Å². The number of nitriles is 1. The Morgan fingerprint density at radius 3 is 2.18 bits per heavy atom. The van der Waals surface area contributed by atoms with Gasteiger partial charge in [0.15, 0.2) is 23.0 Å². The Balaban J connectivity index is 1.49. The molecule has 0 unspecified atom stereocenters. The number of aromatic hydroxyl groups is 3. The highest BCUT2D eigenvalue weighted by atomic mass is 16.5. The molecule has 3 N–H and O–H groups in total. The highest BCUT2D eigenvalue weighted by molar-refractivity contribution is 6.21. The molecule has 1 fully saturated rings. The summed E-state index contributed by atoms with van der Waals surface area (Å²) in [4.78, 5) is 32.2. The molecule has 230 valence electrons. The number of benzene rings is 3.